The second-order valence-corrected chi connectivity index (χ2v) is 7.27. The van der Waals surface area contributed by atoms with Gasteiger partial charge in [0.2, 0.25) is 0 Å². The molecule has 0 spiro atoms. The molecule has 0 aromatic carbocycles. The highest BCUT2D eigenvalue weighted by atomic mass is 35.5. The second kappa shape index (κ2) is 6.34. The van der Waals surface area contributed by atoms with E-state index in [0.29, 0.717) is 11.3 Å². The van der Waals surface area contributed by atoms with Gasteiger partial charge in [-0.05, 0) is 41.9 Å². The molecule has 20 heavy (non-hydrogen) atoms. The van der Waals surface area contributed by atoms with Gasteiger partial charge >= 0.3 is 0 Å². The Morgan fingerprint density at radius 1 is 1.35 bits per heavy atom. The van der Waals surface area contributed by atoms with E-state index in [1.165, 1.54) is 17.7 Å². The van der Waals surface area contributed by atoms with E-state index in [-0.39, 0.29) is 0 Å². The molecule has 2 rings (SSSR count). The van der Waals surface area contributed by atoms with Gasteiger partial charge in [0.15, 0.2) is 0 Å². The maximum atomic E-state index is 6.03. The van der Waals surface area contributed by atoms with E-state index in [1.807, 2.05) is 0 Å². The Morgan fingerprint density at radius 3 is 2.65 bits per heavy atom. The lowest BCUT2D eigenvalue weighted by atomic mass is 9.80. The summed E-state index contributed by atoms with van der Waals surface area (Å²) in [5, 5.41) is 0. The van der Waals surface area contributed by atoms with Gasteiger partial charge in [0, 0.05) is 24.7 Å². The number of aromatic nitrogens is 1. The number of rotatable bonds is 4. The Hall–Kier alpha value is -0.760. The molecule has 0 radical (unpaired) electrons. The van der Waals surface area contributed by atoms with Crippen LogP contribution in [0.25, 0.3) is 0 Å². The summed E-state index contributed by atoms with van der Waals surface area (Å²) < 4.78 is 0. The van der Waals surface area contributed by atoms with E-state index >= 15 is 0 Å². The van der Waals surface area contributed by atoms with E-state index in [0.717, 1.165) is 37.7 Å². The van der Waals surface area contributed by atoms with Crippen LogP contribution in [0.1, 0.15) is 51.8 Å². The number of hydrogen-bond donors (Lipinski definition) is 0. The number of aryl methyl sites for hydroxylation is 1. The fourth-order valence-electron chi connectivity index (χ4n) is 2.93. The van der Waals surface area contributed by atoms with Gasteiger partial charge in [0.05, 0.1) is 0 Å². The highest BCUT2D eigenvalue weighted by Gasteiger charge is 2.32. The molecule has 2 heterocycles. The van der Waals surface area contributed by atoms with Crippen LogP contribution in [0, 0.1) is 11.3 Å². The van der Waals surface area contributed by atoms with Crippen molar-refractivity contribution >= 4 is 17.4 Å². The van der Waals surface area contributed by atoms with Crippen molar-refractivity contribution < 1.29 is 0 Å². The maximum Gasteiger partial charge on any atom is 0.129 e. The molecule has 112 valence electrons. The average Bonchev–Trinajstić information content (AvgIpc) is 2.88. The first-order valence-electron chi connectivity index (χ1n) is 7.74. The third kappa shape index (κ3) is 3.66. The zero-order chi connectivity index (χ0) is 14.8. The van der Waals surface area contributed by atoms with Crippen molar-refractivity contribution in [3.05, 3.63) is 23.4 Å². The Labute approximate surface area is 128 Å². The number of halogens is 1. The third-order valence-electron chi connectivity index (χ3n) is 4.32. The van der Waals surface area contributed by atoms with Gasteiger partial charge < -0.3 is 4.90 Å². The number of anilines is 1. The molecule has 1 aliphatic rings. The van der Waals surface area contributed by atoms with Gasteiger partial charge in [-0.25, -0.2) is 4.98 Å². The second-order valence-electron chi connectivity index (χ2n) is 7.01. The summed E-state index contributed by atoms with van der Waals surface area (Å²) in [4.78, 5) is 7.27. The summed E-state index contributed by atoms with van der Waals surface area (Å²) in [6.07, 6.45) is 3.43. The van der Waals surface area contributed by atoms with Crippen LogP contribution < -0.4 is 4.90 Å². The summed E-state index contributed by atoms with van der Waals surface area (Å²) >= 11 is 6.03. The van der Waals surface area contributed by atoms with E-state index in [4.69, 9.17) is 16.6 Å². The van der Waals surface area contributed by atoms with Crippen LogP contribution in [-0.4, -0.2) is 18.1 Å². The first kappa shape index (κ1) is 15.6. The topological polar surface area (TPSA) is 16.1 Å². The number of nitrogens with zero attached hydrogens (tertiary/aromatic N) is 2. The van der Waals surface area contributed by atoms with Crippen LogP contribution in [0.5, 0.6) is 0 Å². The third-order valence-corrected chi connectivity index (χ3v) is 4.63. The molecule has 1 saturated heterocycles. The first-order valence-corrected chi connectivity index (χ1v) is 8.28. The lowest BCUT2D eigenvalue weighted by Crippen LogP contribution is -2.26. The number of alkyl halides is 1. The highest BCUT2D eigenvalue weighted by molar-refractivity contribution is 6.17. The Kier molecular flexibility index (Phi) is 4.95. The minimum Gasteiger partial charge on any atom is -0.356 e. The summed E-state index contributed by atoms with van der Waals surface area (Å²) in [7, 11) is 0. The molecule has 1 aliphatic heterocycles. The first-order chi connectivity index (χ1) is 9.44. The zero-order valence-corrected chi connectivity index (χ0v) is 14.0. The van der Waals surface area contributed by atoms with Crippen LogP contribution in [0.15, 0.2) is 12.1 Å². The number of hydrogen-bond acceptors (Lipinski definition) is 2. The molecule has 1 aromatic heterocycles. The zero-order valence-electron chi connectivity index (χ0n) is 13.2. The standard InChI is InChI=1S/C17H27ClN2/c1-5-6-15-9-13(11-18)10-16(19-15)20-8-7-14(12-20)17(2,3)4/h9-10,14H,5-8,11-12H2,1-4H3. The van der Waals surface area contributed by atoms with E-state index in [2.05, 4.69) is 44.7 Å². The van der Waals surface area contributed by atoms with Crippen LogP contribution in [0.3, 0.4) is 0 Å². The SMILES string of the molecule is CCCc1cc(CCl)cc(N2CCC(C(C)(C)C)C2)n1. The van der Waals surface area contributed by atoms with Crippen LogP contribution in [0.2, 0.25) is 0 Å². The molecule has 1 fully saturated rings. The van der Waals surface area contributed by atoms with Gasteiger partial charge in [-0.1, -0.05) is 34.1 Å². The van der Waals surface area contributed by atoms with Gasteiger partial charge in [-0.2, -0.15) is 0 Å². The van der Waals surface area contributed by atoms with Gasteiger partial charge in [-0.3, -0.25) is 0 Å². The highest BCUT2D eigenvalue weighted by Crippen LogP contribution is 2.35. The van der Waals surface area contributed by atoms with E-state index in [9.17, 15) is 0 Å². The summed E-state index contributed by atoms with van der Waals surface area (Å²) in [6.45, 7) is 11.4. The molecule has 1 unspecified atom stereocenters. The predicted octanol–water partition coefficient (Wildman–Crippen LogP) is 4.65. The van der Waals surface area contributed by atoms with Crippen molar-refractivity contribution in [3.63, 3.8) is 0 Å². The smallest absolute Gasteiger partial charge is 0.129 e. The van der Waals surface area contributed by atoms with Crippen molar-refractivity contribution in [3.8, 4) is 0 Å². The molecular weight excluding hydrogens is 268 g/mol. The predicted molar refractivity (Wildman–Crippen MR) is 87.6 cm³/mol. The lowest BCUT2D eigenvalue weighted by molar-refractivity contribution is 0.263. The van der Waals surface area contributed by atoms with Gasteiger partial charge in [0.1, 0.15) is 5.82 Å². The monoisotopic (exact) mass is 294 g/mol. The molecule has 0 aliphatic carbocycles. The quantitative estimate of drug-likeness (QED) is 0.752. The molecule has 3 heteroatoms. The Morgan fingerprint density at radius 2 is 2.10 bits per heavy atom. The van der Waals surface area contributed by atoms with Crippen molar-refractivity contribution in [2.75, 3.05) is 18.0 Å². The normalized spacial score (nSPS) is 19.6. The number of pyridine rings is 1. The molecule has 0 saturated carbocycles. The molecule has 2 nitrogen and oxygen atoms in total. The minimum atomic E-state index is 0.380. The van der Waals surface area contributed by atoms with Crippen molar-refractivity contribution in [2.24, 2.45) is 11.3 Å². The minimum absolute atomic E-state index is 0.380. The Balaban J connectivity index is 2.18. The van der Waals surface area contributed by atoms with Gasteiger partial charge in [-0.15, -0.1) is 11.6 Å². The molecule has 1 atom stereocenters. The van der Waals surface area contributed by atoms with E-state index in [1.54, 1.807) is 0 Å². The molecule has 0 bridgehead atoms. The average molecular weight is 295 g/mol. The molecular formula is C17H27ClN2. The summed E-state index contributed by atoms with van der Waals surface area (Å²) in [5.41, 5.74) is 2.75. The molecule has 0 amide bonds. The van der Waals surface area contributed by atoms with Crippen LogP contribution >= 0.6 is 11.6 Å². The summed E-state index contributed by atoms with van der Waals surface area (Å²) in [6, 6.07) is 4.31. The van der Waals surface area contributed by atoms with Crippen molar-refractivity contribution in [1.82, 2.24) is 4.98 Å². The maximum absolute atomic E-state index is 6.03. The van der Waals surface area contributed by atoms with Crippen LogP contribution in [0.4, 0.5) is 5.82 Å². The molecule has 1 aromatic rings. The molecule has 0 N–H and O–H groups in total. The summed E-state index contributed by atoms with van der Waals surface area (Å²) in [5.74, 6) is 2.44. The van der Waals surface area contributed by atoms with Crippen LogP contribution in [-0.2, 0) is 12.3 Å². The van der Waals surface area contributed by atoms with Crippen molar-refractivity contribution in [2.45, 2.75) is 52.8 Å². The van der Waals surface area contributed by atoms with Gasteiger partial charge in [0.25, 0.3) is 0 Å². The Bertz CT molecular complexity index is 451. The largest absolute Gasteiger partial charge is 0.356 e. The van der Waals surface area contributed by atoms with Crippen molar-refractivity contribution in [1.29, 1.82) is 0 Å². The lowest BCUT2D eigenvalue weighted by Gasteiger charge is -2.27. The van der Waals surface area contributed by atoms with E-state index < -0.39 is 0 Å². The fourth-order valence-corrected chi connectivity index (χ4v) is 3.09. The fraction of sp³-hybridized carbons (Fsp3) is 0.706.